The SMILES string of the molecule is BC(c1ccccc1)c1ccccc1.C=CCCC[SiH2]C(c1ccccc1)(c1ccccc1)n1ccnc1. The maximum absolute atomic E-state index is 4.35. The van der Waals surface area contributed by atoms with Crippen LogP contribution in [0, 0.1) is 0 Å². The van der Waals surface area contributed by atoms with E-state index in [0.29, 0.717) is 5.82 Å². The molecule has 0 unspecified atom stereocenters. The summed E-state index contributed by atoms with van der Waals surface area (Å²) in [4.78, 5) is 4.35. The molecule has 0 radical (unpaired) electrons. The van der Waals surface area contributed by atoms with Gasteiger partial charge < -0.3 is 4.57 Å². The number of allylic oxidation sites excluding steroid dienone is 1. The standard InChI is InChI=1S/C21H24N2Si.C13H13B/c1-2-3-10-17-24-21(23-16-15-22-18-23,19-11-6-4-7-12-19)20-13-8-5-9-14-20;14-13(11-7-3-1-4-8-11)12-9-5-2-6-10-12/h2,4-9,11-16,18H,1,3,10,17,24H2;1-10,13H,14H2. The van der Waals surface area contributed by atoms with Crippen molar-refractivity contribution in [1.29, 1.82) is 0 Å². The number of rotatable bonds is 10. The summed E-state index contributed by atoms with van der Waals surface area (Å²) < 4.78 is 2.32. The molecule has 4 heteroatoms. The van der Waals surface area contributed by atoms with Gasteiger partial charge in [0.25, 0.3) is 0 Å². The molecule has 0 aliphatic rings. The molecule has 0 N–H and O–H groups in total. The van der Waals surface area contributed by atoms with Gasteiger partial charge >= 0.3 is 0 Å². The molecule has 1 heterocycles. The Morgan fingerprint density at radius 1 is 0.763 bits per heavy atom. The van der Waals surface area contributed by atoms with Crippen LogP contribution < -0.4 is 0 Å². The summed E-state index contributed by atoms with van der Waals surface area (Å²) in [5.74, 6) is 0.484. The smallest absolute Gasteiger partial charge is 0.116 e. The van der Waals surface area contributed by atoms with E-state index in [1.54, 1.807) is 0 Å². The van der Waals surface area contributed by atoms with Crippen LogP contribution >= 0.6 is 0 Å². The van der Waals surface area contributed by atoms with Gasteiger partial charge in [0.15, 0.2) is 0 Å². The molecule has 0 amide bonds. The number of unbranched alkanes of at least 4 members (excludes halogenated alkanes) is 1. The molecule has 5 aromatic rings. The van der Waals surface area contributed by atoms with Crippen LogP contribution in [0.3, 0.4) is 0 Å². The number of hydrogen-bond acceptors (Lipinski definition) is 1. The number of hydrogen-bond donors (Lipinski definition) is 0. The van der Waals surface area contributed by atoms with Crippen LogP contribution in [0.25, 0.3) is 0 Å². The van der Waals surface area contributed by atoms with E-state index >= 15 is 0 Å². The van der Waals surface area contributed by atoms with E-state index in [4.69, 9.17) is 0 Å². The maximum Gasteiger partial charge on any atom is 0.116 e. The van der Waals surface area contributed by atoms with Crippen LogP contribution in [0.15, 0.2) is 153 Å². The van der Waals surface area contributed by atoms with Crippen LogP contribution in [0.2, 0.25) is 6.04 Å². The van der Waals surface area contributed by atoms with Crippen molar-refractivity contribution in [2.45, 2.75) is 29.9 Å². The molecule has 2 nitrogen and oxygen atoms in total. The Kier molecular flexibility index (Phi) is 10.1. The Bertz CT molecular complexity index is 1250. The third kappa shape index (κ3) is 6.70. The van der Waals surface area contributed by atoms with Crippen molar-refractivity contribution in [2.75, 3.05) is 0 Å². The Balaban J connectivity index is 0.000000204. The molecule has 1 aromatic heterocycles. The third-order valence-corrected chi connectivity index (χ3v) is 10.0. The van der Waals surface area contributed by atoms with Crippen LogP contribution in [-0.4, -0.2) is 26.9 Å². The van der Waals surface area contributed by atoms with Crippen LogP contribution in [0.5, 0.6) is 0 Å². The summed E-state index contributed by atoms with van der Waals surface area (Å²) in [7, 11) is 1.75. The molecule has 0 atom stereocenters. The summed E-state index contributed by atoms with van der Waals surface area (Å²) in [6, 6.07) is 44.2. The zero-order chi connectivity index (χ0) is 26.5. The first-order chi connectivity index (χ1) is 18.8. The Hall–Kier alpha value is -3.89. The fourth-order valence-corrected chi connectivity index (χ4v) is 7.68. The summed E-state index contributed by atoms with van der Waals surface area (Å²) in [5.41, 5.74) is 5.47. The Labute approximate surface area is 231 Å². The van der Waals surface area contributed by atoms with E-state index in [1.165, 1.54) is 34.7 Å². The highest BCUT2D eigenvalue weighted by atomic mass is 28.2. The lowest BCUT2D eigenvalue weighted by Crippen LogP contribution is -2.41. The first-order valence-corrected chi connectivity index (χ1v) is 15.3. The van der Waals surface area contributed by atoms with Gasteiger partial charge in [0.2, 0.25) is 0 Å². The van der Waals surface area contributed by atoms with E-state index in [-0.39, 0.29) is 5.16 Å². The molecule has 4 aromatic carbocycles. The molecule has 0 spiro atoms. The topological polar surface area (TPSA) is 17.8 Å². The monoisotopic (exact) mass is 512 g/mol. The van der Waals surface area contributed by atoms with Crippen LogP contribution in [-0.2, 0) is 5.16 Å². The summed E-state index contributed by atoms with van der Waals surface area (Å²) in [6.07, 6.45) is 10.3. The van der Waals surface area contributed by atoms with Crippen molar-refractivity contribution in [2.24, 2.45) is 0 Å². The summed E-state index contributed by atoms with van der Waals surface area (Å²) in [5, 5.41) is -0.0831. The average molecular weight is 513 g/mol. The second-order valence-electron chi connectivity index (χ2n) is 9.64. The molecule has 0 bridgehead atoms. The predicted molar refractivity (Wildman–Crippen MR) is 167 cm³/mol. The van der Waals surface area contributed by atoms with Gasteiger partial charge in [-0.25, -0.2) is 4.98 Å². The van der Waals surface area contributed by atoms with Crippen molar-refractivity contribution in [3.63, 3.8) is 0 Å². The highest BCUT2D eigenvalue weighted by Crippen LogP contribution is 2.34. The van der Waals surface area contributed by atoms with Crippen molar-refractivity contribution >= 4 is 17.4 Å². The van der Waals surface area contributed by atoms with Gasteiger partial charge in [0.1, 0.15) is 7.85 Å². The largest absolute Gasteiger partial charge is 0.327 e. The quantitative estimate of drug-likeness (QED) is 0.117. The van der Waals surface area contributed by atoms with E-state index < -0.39 is 9.52 Å². The highest BCUT2D eigenvalue weighted by Gasteiger charge is 2.35. The molecule has 0 saturated carbocycles. The maximum atomic E-state index is 4.35. The van der Waals surface area contributed by atoms with Crippen LogP contribution in [0.4, 0.5) is 0 Å². The minimum absolute atomic E-state index is 0.0831. The van der Waals surface area contributed by atoms with Gasteiger partial charge in [-0.15, -0.1) is 6.58 Å². The fraction of sp³-hybridized carbons (Fsp3) is 0.147. The zero-order valence-corrected chi connectivity index (χ0v) is 23.8. The van der Waals surface area contributed by atoms with Crippen molar-refractivity contribution in [3.8, 4) is 0 Å². The molecule has 0 fully saturated rings. The normalized spacial score (nSPS) is 11.3. The molecule has 190 valence electrons. The third-order valence-electron chi connectivity index (χ3n) is 7.24. The van der Waals surface area contributed by atoms with Crippen LogP contribution in [0.1, 0.15) is 40.9 Å². The van der Waals surface area contributed by atoms with Gasteiger partial charge in [-0.1, -0.05) is 140 Å². The average Bonchev–Trinajstić information content (AvgIpc) is 3.55. The first-order valence-electron chi connectivity index (χ1n) is 13.6. The van der Waals surface area contributed by atoms with Crippen molar-refractivity contribution in [1.82, 2.24) is 9.55 Å². The summed E-state index contributed by atoms with van der Waals surface area (Å²) in [6.45, 7) is 3.86. The predicted octanol–water partition coefficient (Wildman–Crippen LogP) is 6.59. The Morgan fingerprint density at radius 2 is 1.24 bits per heavy atom. The summed E-state index contributed by atoms with van der Waals surface area (Å²) >= 11 is 0. The number of benzene rings is 4. The molecule has 5 rings (SSSR count). The molecule has 0 saturated heterocycles. The van der Waals surface area contributed by atoms with Gasteiger partial charge in [-0.3, -0.25) is 0 Å². The molecule has 0 aliphatic heterocycles. The fourth-order valence-electron chi connectivity index (χ4n) is 5.14. The molecule has 0 aliphatic carbocycles. The number of imidazole rings is 1. The molecular weight excluding hydrogens is 475 g/mol. The second-order valence-corrected chi connectivity index (χ2v) is 11.9. The first kappa shape index (κ1) is 27.2. The number of nitrogens with zero attached hydrogens (tertiary/aromatic N) is 2. The molecule has 38 heavy (non-hydrogen) atoms. The van der Waals surface area contributed by atoms with E-state index in [1.807, 2.05) is 18.6 Å². The van der Waals surface area contributed by atoms with E-state index in [2.05, 4.69) is 152 Å². The lowest BCUT2D eigenvalue weighted by molar-refractivity contribution is 0.589. The lowest BCUT2D eigenvalue weighted by atomic mass is 9.76. The van der Waals surface area contributed by atoms with E-state index in [0.717, 1.165) is 6.42 Å². The second kappa shape index (κ2) is 14.2. The van der Waals surface area contributed by atoms with Crippen molar-refractivity contribution in [3.05, 3.63) is 175 Å². The van der Waals surface area contributed by atoms with Gasteiger partial charge in [-0.2, -0.15) is 0 Å². The van der Waals surface area contributed by atoms with Gasteiger partial charge in [0.05, 0.1) is 21.0 Å². The van der Waals surface area contributed by atoms with E-state index in [9.17, 15) is 0 Å². The highest BCUT2D eigenvalue weighted by molar-refractivity contribution is 6.41. The van der Waals surface area contributed by atoms with Gasteiger partial charge in [-0.05, 0) is 34.5 Å². The minimum atomic E-state index is -0.492. The Morgan fingerprint density at radius 3 is 1.66 bits per heavy atom. The van der Waals surface area contributed by atoms with Crippen molar-refractivity contribution < 1.29 is 0 Å². The molecular formula is C34H37BN2Si. The van der Waals surface area contributed by atoms with Gasteiger partial charge in [0, 0.05) is 12.4 Å². The minimum Gasteiger partial charge on any atom is -0.327 e. The lowest BCUT2D eigenvalue weighted by Gasteiger charge is -2.37. The number of aromatic nitrogens is 2. The zero-order valence-electron chi connectivity index (χ0n) is 22.4.